The van der Waals surface area contributed by atoms with Gasteiger partial charge in [0, 0.05) is 11.1 Å². The summed E-state index contributed by atoms with van der Waals surface area (Å²) < 4.78 is 0. The highest BCUT2D eigenvalue weighted by Crippen LogP contribution is 2.16. The lowest BCUT2D eigenvalue weighted by Gasteiger charge is -2.20. The third kappa shape index (κ3) is 5.70. The normalized spacial score (nSPS) is 13.2. The molecular weight excluding hydrogens is 326 g/mol. The van der Waals surface area contributed by atoms with Crippen LogP contribution in [0.1, 0.15) is 49.5 Å². The SMILES string of the molecule is CC(C)Cc1ccc([C@H](C)[NH2+][C@@H](C(=O)NC(N)=O)c2ccccc2)cc1. The van der Waals surface area contributed by atoms with Gasteiger partial charge in [-0.15, -0.1) is 0 Å². The van der Waals surface area contributed by atoms with Crippen molar-refractivity contribution in [1.82, 2.24) is 5.32 Å². The number of nitrogens with two attached hydrogens (primary N) is 2. The fraction of sp³-hybridized carbons (Fsp3) is 0.333. The molecule has 0 unspecified atom stereocenters. The Morgan fingerprint density at radius 3 is 2.12 bits per heavy atom. The van der Waals surface area contributed by atoms with E-state index in [1.165, 1.54) is 5.56 Å². The van der Waals surface area contributed by atoms with Gasteiger partial charge < -0.3 is 11.1 Å². The fourth-order valence-corrected chi connectivity index (χ4v) is 3.04. The van der Waals surface area contributed by atoms with E-state index in [1.54, 1.807) is 0 Å². The highest BCUT2D eigenvalue weighted by atomic mass is 16.2. The zero-order chi connectivity index (χ0) is 19.1. The first kappa shape index (κ1) is 19.7. The van der Waals surface area contributed by atoms with Gasteiger partial charge in [0.05, 0.1) is 0 Å². The molecule has 0 saturated carbocycles. The molecule has 3 amide bonds. The maximum atomic E-state index is 12.5. The van der Waals surface area contributed by atoms with Gasteiger partial charge in [0.25, 0.3) is 5.91 Å². The van der Waals surface area contributed by atoms with Crippen LogP contribution in [0.2, 0.25) is 0 Å². The van der Waals surface area contributed by atoms with Crippen molar-refractivity contribution in [3.05, 3.63) is 71.3 Å². The predicted octanol–water partition coefficient (Wildman–Crippen LogP) is 2.45. The highest BCUT2D eigenvalue weighted by Gasteiger charge is 2.27. The molecule has 0 heterocycles. The number of rotatable bonds is 7. The molecule has 2 aromatic rings. The molecule has 138 valence electrons. The Kier molecular flexibility index (Phi) is 6.92. The Balaban J connectivity index is 2.16. The number of carbonyl (C=O) groups is 2. The lowest BCUT2D eigenvalue weighted by atomic mass is 9.98. The summed E-state index contributed by atoms with van der Waals surface area (Å²) in [6.45, 7) is 6.45. The average molecular weight is 354 g/mol. The summed E-state index contributed by atoms with van der Waals surface area (Å²) in [5.41, 5.74) is 8.39. The van der Waals surface area contributed by atoms with Crippen LogP contribution in [-0.2, 0) is 11.2 Å². The number of hydrogen-bond acceptors (Lipinski definition) is 2. The molecule has 0 aliphatic heterocycles. The molecular formula is C21H28N3O2+. The van der Waals surface area contributed by atoms with Crippen molar-refractivity contribution in [3.8, 4) is 0 Å². The summed E-state index contributed by atoms with van der Waals surface area (Å²) in [6.07, 6.45) is 1.05. The second kappa shape index (κ2) is 9.15. The number of nitrogens with one attached hydrogen (secondary N) is 1. The van der Waals surface area contributed by atoms with Crippen LogP contribution < -0.4 is 16.4 Å². The molecule has 0 spiro atoms. The first-order valence-electron chi connectivity index (χ1n) is 8.96. The van der Waals surface area contributed by atoms with Crippen molar-refractivity contribution >= 4 is 11.9 Å². The molecule has 5 nitrogen and oxygen atoms in total. The van der Waals surface area contributed by atoms with Crippen molar-refractivity contribution in [3.63, 3.8) is 0 Å². The van der Waals surface area contributed by atoms with Crippen molar-refractivity contribution in [1.29, 1.82) is 0 Å². The molecule has 0 fully saturated rings. The molecule has 2 aromatic carbocycles. The molecule has 5 heteroatoms. The largest absolute Gasteiger partial charge is 0.351 e. The fourth-order valence-electron chi connectivity index (χ4n) is 3.04. The Labute approximate surface area is 155 Å². The minimum atomic E-state index is -0.838. The lowest BCUT2D eigenvalue weighted by molar-refractivity contribution is -0.719. The Hall–Kier alpha value is -2.66. The summed E-state index contributed by atoms with van der Waals surface area (Å²) in [4.78, 5) is 23.6. The minimum absolute atomic E-state index is 0.0481. The van der Waals surface area contributed by atoms with Crippen LogP contribution in [0.5, 0.6) is 0 Å². The van der Waals surface area contributed by atoms with E-state index in [1.807, 2.05) is 42.6 Å². The van der Waals surface area contributed by atoms with E-state index in [4.69, 9.17) is 5.73 Å². The smallest absolute Gasteiger partial charge is 0.319 e. The number of amides is 3. The van der Waals surface area contributed by atoms with Gasteiger partial charge >= 0.3 is 6.03 Å². The molecule has 0 saturated heterocycles. The summed E-state index contributed by atoms with van der Waals surface area (Å²) in [6, 6.07) is 16.5. The molecule has 2 rings (SSSR count). The molecule has 0 aliphatic carbocycles. The Morgan fingerprint density at radius 2 is 1.58 bits per heavy atom. The van der Waals surface area contributed by atoms with Crippen molar-refractivity contribution in [2.45, 2.75) is 39.3 Å². The topological polar surface area (TPSA) is 88.8 Å². The summed E-state index contributed by atoms with van der Waals surface area (Å²) >= 11 is 0. The van der Waals surface area contributed by atoms with Gasteiger partial charge in [-0.3, -0.25) is 10.1 Å². The lowest BCUT2D eigenvalue weighted by Crippen LogP contribution is -2.88. The van der Waals surface area contributed by atoms with E-state index in [0.29, 0.717) is 5.92 Å². The molecule has 0 bridgehead atoms. The van der Waals surface area contributed by atoms with Gasteiger partial charge in [-0.2, -0.15) is 0 Å². The number of primary amides is 1. The molecule has 2 atom stereocenters. The van der Waals surface area contributed by atoms with Gasteiger partial charge in [-0.25, -0.2) is 4.79 Å². The first-order valence-corrected chi connectivity index (χ1v) is 8.96. The van der Waals surface area contributed by atoms with Crippen molar-refractivity contribution < 1.29 is 14.9 Å². The standard InChI is InChI=1S/C21H27N3O2/c1-14(2)13-16-9-11-17(12-10-16)15(3)23-19(20(25)24-21(22)26)18-7-5-4-6-8-18/h4-12,14-15,19,23H,13H2,1-3H3,(H3,22,24,25,26)/p+1/t15-,19+/m0/s1. The van der Waals surface area contributed by atoms with E-state index < -0.39 is 18.0 Å². The number of carbonyl (C=O) groups excluding carboxylic acids is 2. The number of quaternary nitrogens is 1. The molecule has 26 heavy (non-hydrogen) atoms. The monoisotopic (exact) mass is 354 g/mol. The zero-order valence-electron chi connectivity index (χ0n) is 15.6. The van der Waals surface area contributed by atoms with Crippen molar-refractivity contribution in [2.24, 2.45) is 11.7 Å². The third-order valence-corrected chi connectivity index (χ3v) is 4.32. The number of urea groups is 1. The van der Waals surface area contributed by atoms with Gasteiger partial charge in [0.15, 0.2) is 6.04 Å². The van der Waals surface area contributed by atoms with Gasteiger partial charge in [-0.1, -0.05) is 68.4 Å². The summed E-state index contributed by atoms with van der Waals surface area (Å²) in [7, 11) is 0. The van der Waals surface area contributed by atoms with Crippen LogP contribution in [0.3, 0.4) is 0 Å². The first-order chi connectivity index (χ1) is 12.4. The van der Waals surface area contributed by atoms with Crippen LogP contribution in [-0.4, -0.2) is 11.9 Å². The maximum absolute atomic E-state index is 12.5. The molecule has 0 aromatic heterocycles. The van der Waals surface area contributed by atoms with E-state index in [-0.39, 0.29) is 6.04 Å². The van der Waals surface area contributed by atoms with Gasteiger partial charge in [0.1, 0.15) is 6.04 Å². The van der Waals surface area contributed by atoms with Crippen LogP contribution in [0, 0.1) is 5.92 Å². The van der Waals surface area contributed by atoms with Crippen LogP contribution >= 0.6 is 0 Å². The second-order valence-corrected chi connectivity index (χ2v) is 7.06. The minimum Gasteiger partial charge on any atom is -0.351 e. The molecule has 5 N–H and O–H groups in total. The predicted molar refractivity (Wildman–Crippen MR) is 102 cm³/mol. The molecule has 0 aliphatic rings. The van der Waals surface area contributed by atoms with Gasteiger partial charge in [0.2, 0.25) is 0 Å². The number of hydrogen-bond donors (Lipinski definition) is 3. The summed E-state index contributed by atoms with van der Waals surface area (Å²) in [5.74, 6) is 0.205. The number of benzene rings is 2. The van der Waals surface area contributed by atoms with Crippen LogP contribution in [0.4, 0.5) is 4.79 Å². The Morgan fingerprint density at radius 1 is 0.962 bits per heavy atom. The highest BCUT2D eigenvalue weighted by molar-refractivity contribution is 5.96. The van der Waals surface area contributed by atoms with Crippen molar-refractivity contribution in [2.75, 3.05) is 0 Å². The third-order valence-electron chi connectivity index (χ3n) is 4.32. The zero-order valence-corrected chi connectivity index (χ0v) is 15.6. The van der Waals surface area contributed by atoms with E-state index in [2.05, 4.69) is 43.4 Å². The second-order valence-electron chi connectivity index (χ2n) is 7.06. The number of imide groups is 1. The maximum Gasteiger partial charge on any atom is 0.319 e. The average Bonchev–Trinajstić information content (AvgIpc) is 2.59. The van der Waals surface area contributed by atoms with E-state index in [9.17, 15) is 9.59 Å². The Bertz CT molecular complexity index is 727. The summed E-state index contributed by atoms with van der Waals surface area (Å²) in [5, 5.41) is 4.15. The van der Waals surface area contributed by atoms with Crippen LogP contribution in [0.25, 0.3) is 0 Å². The van der Waals surface area contributed by atoms with Crippen LogP contribution in [0.15, 0.2) is 54.6 Å². The molecule has 0 radical (unpaired) electrons. The van der Waals surface area contributed by atoms with E-state index >= 15 is 0 Å². The van der Waals surface area contributed by atoms with Gasteiger partial charge in [-0.05, 0) is 24.8 Å². The van der Waals surface area contributed by atoms with E-state index in [0.717, 1.165) is 17.5 Å². The quantitative estimate of drug-likeness (QED) is 0.713.